The van der Waals surface area contributed by atoms with E-state index in [0.29, 0.717) is 12.1 Å². The summed E-state index contributed by atoms with van der Waals surface area (Å²) in [4.78, 5) is 18.5. The molecule has 0 spiro atoms. The lowest BCUT2D eigenvalue weighted by Gasteiger charge is -2.33. The standard InChI is InChI=1S/C18H22F3N3O2/c1-10-6-13-15(8-22-17(13)25)23-16(10)24-4-2-12(3-5-24)26-9-11-7-14(11)18(19,20)21/h6,11-12,14H,2-5,7-9H2,1H3,(H,22,25). The number of halogens is 3. The van der Waals surface area contributed by atoms with Gasteiger partial charge in [-0.25, -0.2) is 4.98 Å². The van der Waals surface area contributed by atoms with Crippen LogP contribution in [0.4, 0.5) is 19.0 Å². The molecule has 8 heteroatoms. The number of alkyl halides is 3. The van der Waals surface area contributed by atoms with Gasteiger partial charge >= 0.3 is 6.18 Å². The van der Waals surface area contributed by atoms with Crippen LogP contribution in [0.2, 0.25) is 0 Å². The molecule has 0 radical (unpaired) electrons. The zero-order valence-electron chi connectivity index (χ0n) is 14.6. The normalized spacial score (nSPS) is 26.0. The Bertz CT molecular complexity index is 714. The third-order valence-corrected chi connectivity index (χ3v) is 5.56. The van der Waals surface area contributed by atoms with Crippen LogP contribution in [-0.4, -0.2) is 42.9 Å². The molecule has 1 aliphatic carbocycles. The number of carbonyl (C=O) groups excluding carboxylic acids is 1. The second kappa shape index (κ2) is 6.40. The number of anilines is 1. The van der Waals surface area contributed by atoms with Crippen molar-refractivity contribution >= 4 is 11.7 Å². The number of piperidine rings is 1. The molecule has 5 nitrogen and oxygen atoms in total. The molecule has 0 aromatic carbocycles. The van der Waals surface area contributed by atoms with Gasteiger partial charge in [0.1, 0.15) is 5.82 Å². The van der Waals surface area contributed by atoms with Crippen LogP contribution in [0.1, 0.15) is 40.9 Å². The summed E-state index contributed by atoms with van der Waals surface area (Å²) in [7, 11) is 0. The van der Waals surface area contributed by atoms with Gasteiger partial charge < -0.3 is 15.0 Å². The number of rotatable bonds is 4. The molecule has 3 aliphatic rings. The van der Waals surface area contributed by atoms with Crippen molar-refractivity contribution in [2.75, 3.05) is 24.6 Å². The maximum atomic E-state index is 12.6. The zero-order valence-corrected chi connectivity index (χ0v) is 14.6. The third-order valence-electron chi connectivity index (χ3n) is 5.56. The summed E-state index contributed by atoms with van der Waals surface area (Å²) in [6, 6.07) is 1.88. The maximum Gasteiger partial charge on any atom is 0.392 e. The lowest BCUT2D eigenvalue weighted by Crippen LogP contribution is -2.38. The van der Waals surface area contributed by atoms with Gasteiger partial charge in [-0.15, -0.1) is 0 Å². The van der Waals surface area contributed by atoms with E-state index in [1.165, 1.54) is 0 Å². The van der Waals surface area contributed by atoms with Crippen LogP contribution in [0.25, 0.3) is 0 Å². The molecule has 2 unspecified atom stereocenters. The first kappa shape index (κ1) is 17.6. The Morgan fingerprint density at radius 3 is 2.73 bits per heavy atom. The van der Waals surface area contributed by atoms with Crippen LogP contribution in [0.15, 0.2) is 6.07 Å². The number of aryl methyl sites for hydroxylation is 1. The van der Waals surface area contributed by atoms with Gasteiger partial charge in [0.05, 0.1) is 36.4 Å². The minimum Gasteiger partial charge on any atom is -0.378 e. The molecule has 2 fully saturated rings. The number of ether oxygens (including phenoxy) is 1. The molecule has 2 aliphatic heterocycles. The van der Waals surface area contributed by atoms with Crippen LogP contribution in [-0.2, 0) is 11.3 Å². The van der Waals surface area contributed by atoms with E-state index in [0.717, 1.165) is 43.0 Å². The van der Waals surface area contributed by atoms with Crippen LogP contribution >= 0.6 is 0 Å². The number of nitrogens with one attached hydrogen (secondary N) is 1. The van der Waals surface area contributed by atoms with E-state index in [9.17, 15) is 18.0 Å². The van der Waals surface area contributed by atoms with E-state index in [-0.39, 0.29) is 31.0 Å². The van der Waals surface area contributed by atoms with E-state index in [1.54, 1.807) is 0 Å². The van der Waals surface area contributed by atoms with Crippen molar-refractivity contribution in [1.29, 1.82) is 0 Å². The average Bonchev–Trinajstić information content (AvgIpc) is 3.32. The minimum atomic E-state index is -4.08. The highest BCUT2D eigenvalue weighted by atomic mass is 19.4. The van der Waals surface area contributed by atoms with E-state index >= 15 is 0 Å². The van der Waals surface area contributed by atoms with Crippen molar-refractivity contribution in [3.05, 3.63) is 22.9 Å². The largest absolute Gasteiger partial charge is 0.392 e. The first-order valence-corrected chi connectivity index (χ1v) is 9.05. The SMILES string of the molecule is Cc1cc2c(nc1N1CCC(OCC3CC3C(F)(F)F)CC1)CNC2=O. The van der Waals surface area contributed by atoms with Crippen molar-refractivity contribution in [1.82, 2.24) is 10.3 Å². The van der Waals surface area contributed by atoms with Gasteiger partial charge in [0, 0.05) is 13.1 Å². The molecule has 0 bridgehead atoms. The van der Waals surface area contributed by atoms with Crippen LogP contribution in [0, 0.1) is 18.8 Å². The fourth-order valence-electron chi connectivity index (χ4n) is 3.88. The molecule has 1 amide bonds. The molecule has 2 atom stereocenters. The average molecular weight is 369 g/mol. The topological polar surface area (TPSA) is 54.5 Å². The summed E-state index contributed by atoms with van der Waals surface area (Å²) >= 11 is 0. The molecule has 1 aromatic heterocycles. The Morgan fingerprint density at radius 2 is 2.08 bits per heavy atom. The first-order valence-electron chi connectivity index (χ1n) is 9.05. The van der Waals surface area contributed by atoms with Crippen LogP contribution in [0.5, 0.6) is 0 Å². The quantitative estimate of drug-likeness (QED) is 0.887. The number of pyridine rings is 1. The molecular weight excluding hydrogens is 347 g/mol. The van der Waals surface area contributed by atoms with Crippen molar-refractivity contribution < 1.29 is 22.7 Å². The van der Waals surface area contributed by atoms with Gasteiger partial charge in [-0.1, -0.05) is 0 Å². The Hall–Kier alpha value is -1.83. The molecule has 4 rings (SSSR count). The number of hydrogen-bond acceptors (Lipinski definition) is 4. The van der Waals surface area contributed by atoms with Crippen LogP contribution < -0.4 is 10.2 Å². The van der Waals surface area contributed by atoms with Crippen LogP contribution in [0.3, 0.4) is 0 Å². The van der Waals surface area contributed by atoms with Gasteiger partial charge in [-0.2, -0.15) is 13.2 Å². The van der Waals surface area contributed by atoms with Gasteiger partial charge in [-0.05, 0) is 43.7 Å². The number of aromatic nitrogens is 1. The number of carbonyl (C=O) groups is 1. The Morgan fingerprint density at radius 1 is 1.35 bits per heavy atom. The van der Waals surface area contributed by atoms with Gasteiger partial charge in [-0.3, -0.25) is 4.79 Å². The van der Waals surface area contributed by atoms with Gasteiger partial charge in [0.25, 0.3) is 5.91 Å². The molecule has 142 valence electrons. The molecule has 1 saturated heterocycles. The van der Waals surface area contributed by atoms with E-state index in [4.69, 9.17) is 4.74 Å². The third kappa shape index (κ3) is 3.39. The van der Waals surface area contributed by atoms with E-state index in [2.05, 4.69) is 15.2 Å². The number of nitrogens with zero attached hydrogens (tertiary/aromatic N) is 2. The molecule has 3 heterocycles. The fourth-order valence-corrected chi connectivity index (χ4v) is 3.88. The summed E-state index contributed by atoms with van der Waals surface area (Å²) in [6.07, 6.45) is -2.31. The van der Waals surface area contributed by atoms with Crippen molar-refractivity contribution in [3.8, 4) is 0 Å². The van der Waals surface area contributed by atoms with Crippen molar-refractivity contribution in [2.45, 2.75) is 45.0 Å². The monoisotopic (exact) mass is 369 g/mol. The first-order chi connectivity index (χ1) is 12.3. The highest BCUT2D eigenvalue weighted by molar-refractivity contribution is 5.98. The molecule has 1 aromatic rings. The summed E-state index contributed by atoms with van der Waals surface area (Å²) in [6.45, 7) is 4.13. The predicted molar refractivity (Wildman–Crippen MR) is 89.0 cm³/mol. The summed E-state index contributed by atoms with van der Waals surface area (Å²) in [5.74, 6) is -0.722. The molecule has 1 saturated carbocycles. The smallest absolute Gasteiger partial charge is 0.378 e. The number of amides is 1. The lowest BCUT2D eigenvalue weighted by atomic mass is 10.1. The second-order valence-electron chi connectivity index (χ2n) is 7.47. The summed E-state index contributed by atoms with van der Waals surface area (Å²) in [5.41, 5.74) is 2.39. The summed E-state index contributed by atoms with van der Waals surface area (Å²) in [5, 5.41) is 2.78. The van der Waals surface area contributed by atoms with Crippen molar-refractivity contribution in [3.63, 3.8) is 0 Å². The van der Waals surface area contributed by atoms with Crippen molar-refractivity contribution in [2.24, 2.45) is 11.8 Å². The Kier molecular flexibility index (Phi) is 4.33. The second-order valence-corrected chi connectivity index (χ2v) is 7.47. The fraction of sp³-hybridized carbons (Fsp3) is 0.667. The zero-order chi connectivity index (χ0) is 18.5. The van der Waals surface area contributed by atoms with Gasteiger partial charge in [0.15, 0.2) is 0 Å². The predicted octanol–water partition coefficient (Wildman–Crippen LogP) is 2.82. The minimum absolute atomic E-state index is 0.0127. The maximum absolute atomic E-state index is 12.6. The highest BCUT2D eigenvalue weighted by Gasteiger charge is 2.55. The molecular formula is C18H22F3N3O2. The van der Waals surface area contributed by atoms with E-state index in [1.807, 2.05) is 13.0 Å². The van der Waals surface area contributed by atoms with E-state index < -0.39 is 12.1 Å². The Balaban J connectivity index is 1.30. The summed E-state index contributed by atoms with van der Waals surface area (Å²) < 4.78 is 43.4. The highest BCUT2D eigenvalue weighted by Crippen LogP contribution is 2.50. The lowest BCUT2D eigenvalue weighted by molar-refractivity contribution is -0.153. The number of hydrogen-bond donors (Lipinski definition) is 1. The number of fused-ring (bicyclic) bond motifs is 1. The van der Waals surface area contributed by atoms with Gasteiger partial charge in [0.2, 0.25) is 0 Å². The Labute approximate surface area is 149 Å². The molecule has 1 N–H and O–H groups in total. The molecule has 26 heavy (non-hydrogen) atoms.